The van der Waals surface area contributed by atoms with E-state index in [-0.39, 0.29) is 30.4 Å². The summed E-state index contributed by atoms with van der Waals surface area (Å²) in [5.41, 5.74) is 0.421. The van der Waals surface area contributed by atoms with Gasteiger partial charge in [0.1, 0.15) is 5.75 Å². The molecule has 2 aromatic carbocycles. The van der Waals surface area contributed by atoms with E-state index in [0.29, 0.717) is 16.2 Å². The molecule has 0 radical (unpaired) electrons. The van der Waals surface area contributed by atoms with Gasteiger partial charge in [0.25, 0.3) is 0 Å². The van der Waals surface area contributed by atoms with Gasteiger partial charge in [-0.15, -0.1) is 0 Å². The maximum Gasteiger partial charge on any atom is 0.423 e. The van der Waals surface area contributed by atoms with Crippen LogP contribution in [0.15, 0.2) is 66.2 Å². The van der Waals surface area contributed by atoms with Crippen LogP contribution in [0, 0.1) is 29.1 Å². The fraction of sp³-hybridized carbons (Fsp3) is 0.345. The highest BCUT2D eigenvalue weighted by atomic mass is 16.5. The van der Waals surface area contributed by atoms with Crippen LogP contribution in [0.2, 0.25) is 0 Å². The zero-order valence-corrected chi connectivity index (χ0v) is 20.9. The van der Waals surface area contributed by atoms with Crippen LogP contribution >= 0.6 is 0 Å². The molecule has 38 heavy (non-hydrogen) atoms. The van der Waals surface area contributed by atoms with Crippen molar-refractivity contribution in [2.75, 3.05) is 12.0 Å². The summed E-state index contributed by atoms with van der Waals surface area (Å²) in [7, 11) is 1.11. The van der Waals surface area contributed by atoms with Crippen molar-refractivity contribution in [1.82, 2.24) is 4.90 Å². The van der Waals surface area contributed by atoms with Crippen molar-refractivity contribution in [2.24, 2.45) is 29.1 Å². The number of likely N-dealkylation sites (tertiary alicyclic amines) is 1. The average Bonchev–Trinajstić information content (AvgIpc) is 3.29. The van der Waals surface area contributed by atoms with E-state index in [1.54, 1.807) is 55.5 Å². The maximum atomic E-state index is 14.2. The molecule has 6 rings (SSSR count). The molecule has 2 saturated heterocycles. The summed E-state index contributed by atoms with van der Waals surface area (Å²) >= 11 is 0. The summed E-state index contributed by atoms with van der Waals surface area (Å²) in [5, 5.41) is 10.9. The molecule has 6 atom stereocenters. The van der Waals surface area contributed by atoms with Crippen LogP contribution in [0.1, 0.15) is 31.2 Å². The molecule has 2 heterocycles. The summed E-state index contributed by atoms with van der Waals surface area (Å²) in [6, 6.07) is 15.4. The monoisotopic (exact) mass is 514 g/mol. The fourth-order valence-electron chi connectivity index (χ4n) is 7.19. The highest BCUT2D eigenvalue weighted by Gasteiger charge is 2.68. The minimum Gasteiger partial charge on any atom is -0.508 e. The van der Waals surface area contributed by atoms with Gasteiger partial charge in [0.2, 0.25) is 23.6 Å². The molecule has 9 nitrogen and oxygen atoms in total. The van der Waals surface area contributed by atoms with Crippen molar-refractivity contribution < 1.29 is 33.8 Å². The fourth-order valence-corrected chi connectivity index (χ4v) is 7.19. The van der Waals surface area contributed by atoms with Gasteiger partial charge < -0.3 is 9.84 Å². The Kier molecular flexibility index (Phi) is 5.31. The number of hydrogen-bond acceptors (Lipinski definition) is 7. The number of benzene rings is 2. The predicted octanol–water partition coefficient (Wildman–Crippen LogP) is 3.39. The normalized spacial score (nSPS) is 32.1. The number of fused-ring (bicyclic) bond motifs is 4. The average molecular weight is 515 g/mol. The van der Waals surface area contributed by atoms with Crippen LogP contribution in [-0.2, 0) is 23.9 Å². The van der Waals surface area contributed by atoms with Crippen molar-refractivity contribution in [2.45, 2.75) is 25.7 Å². The minimum atomic E-state index is -1.24. The van der Waals surface area contributed by atoms with Gasteiger partial charge in [-0.25, -0.2) is 9.69 Å². The topological polar surface area (TPSA) is 121 Å². The molecule has 1 N–H and O–H groups in total. The summed E-state index contributed by atoms with van der Waals surface area (Å²) in [5.74, 6) is -5.78. The van der Waals surface area contributed by atoms with E-state index in [0.717, 1.165) is 12.7 Å². The SMILES string of the molecule is COC(=O)N1C(=O)[C@H]2[C@H](CC=C3[C@H]2C[C@H]2C(=O)N(c4ccccc4)C(=O)[C@@]2(C)[C@H]3c2ccccc2O)C1=O. The molecule has 0 spiro atoms. The van der Waals surface area contributed by atoms with E-state index in [9.17, 15) is 29.1 Å². The molecule has 0 unspecified atom stereocenters. The number of methoxy groups -OCH3 is 1. The number of aromatic hydroxyl groups is 1. The number of carbonyl (C=O) groups is 5. The van der Waals surface area contributed by atoms with Gasteiger partial charge in [0.05, 0.1) is 36.0 Å². The first-order valence-electron chi connectivity index (χ1n) is 12.6. The zero-order chi connectivity index (χ0) is 26.9. The molecule has 5 amide bonds. The third kappa shape index (κ3) is 3.01. The number of rotatable bonds is 2. The van der Waals surface area contributed by atoms with Gasteiger partial charge in [-0.2, -0.15) is 4.90 Å². The molecule has 2 aliphatic carbocycles. The quantitative estimate of drug-likeness (QED) is 0.482. The zero-order valence-electron chi connectivity index (χ0n) is 20.9. The molecule has 1 saturated carbocycles. The lowest BCUT2D eigenvalue weighted by Crippen LogP contribution is -2.49. The number of carbonyl (C=O) groups excluding carboxylic acids is 5. The number of phenols is 1. The standard InChI is InChI=1S/C29H26N2O7/c1-29-20(25(34)30(27(29)36)15-8-4-3-5-9-15)14-19-16(23(29)17-10-6-7-11-21(17)32)12-13-18-22(19)26(35)31(24(18)33)28(37)38-2/h3-12,18-20,22-23,32H,13-14H2,1-2H3/t18-,19+,20-,22-,23+,29+/m0/s1. The van der Waals surface area contributed by atoms with Gasteiger partial charge in [0.15, 0.2) is 0 Å². The Morgan fingerprint density at radius 3 is 2.32 bits per heavy atom. The molecule has 3 fully saturated rings. The van der Waals surface area contributed by atoms with Crippen molar-refractivity contribution >= 4 is 35.4 Å². The number of phenolic OH excluding ortho intramolecular Hbond substituents is 1. The Morgan fingerprint density at radius 1 is 0.947 bits per heavy atom. The Balaban J connectivity index is 1.52. The van der Waals surface area contributed by atoms with Gasteiger partial charge in [-0.3, -0.25) is 19.2 Å². The van der Waals surface area contributed by atoms with Crippen LogP contribution in [0.4, 0.5) is 10.5 Å². The third-order valence-electron chi connectivity index (χ3n) is 8.89. The number of hydrogen-bond donors (Lipinski definition) is 1. The summed E-state index contributed by atoms with van der Waals surface area (Å²) in [6.45, 7) is 1.75. The molecule has 2 aromatic rings. The Labute approximate surface area is 218 Å². The molecule has 0 bridgehead atoms. The van der Waals surface area contributed by atoms with E-state index in [1.807, 2.05) is 6.08 Å². The molecule has 4 aliphatic rings. The number of ether oxygens (including phenoxy) is 1. The lowest BCUT2D eigenvalue weighted by atomic mass is 9.51. The predicted molar refractivity (Wildman–Crippen MR) is 133 cm³/mol. The minimum absolute atomic E-state index is 0.0235. The summed E-state index contributed by atoms with van der Waals surface area (Å²) in [6.07, 6.45) is 1.19. The first-order valence-corrected chi connectivity index (χ1v) is 12.6. The first-order chi connectivity index (χ1) is 18.2. The van der Waals surface area contributed by atoms with Gasteiger partial charge >= 0.3 is 6.09 Å². The third-order valence-corrected chi connectivity index (χ3v) is 8.89. The van der Waals surface area contributed by atoms with Gasteiger partial charge in [-0.05, 0) is 43.9 Å². The second kappa shape index (κ2) is 8.37. The maximum absolute atomic E-state index is 14.2. The van der Waals surface area contributed by atoms with Crippen LogP contribution in [-0.4, -0.2) is 46.8 Å². The van der Waals surface area contributed by atoms with Crippen LogP contribution in [0.5, 0.6) is 5.75 Å². The second-order valence-electron chi connectivity index (χ2n) is 10.5. The molecular formula is C29H26N2O7. The lowest BCUT2D eigenvalue weighted by molar-refractivity contribution is -0.138. The Hall–Kier alpha value is -4.27. The number of anilines is 1. The van der Waals surface area contributed by atoms with Crippen LogP contribution in [0.3, 0.4) is 0 Å². The number of amides is 5. The summed E-state index contributed by atoms with van der Waals surface area (Å²) in [4.78, 5) is 68.7. The van der Waals surface area contributed by atoms with Crippen molar-refractivity contribution in [3.63, 3.8) is 0 Å². The van der Waals surface area contributed by atoms with Crippen molar-refractivity contribution in [3.8, 4) is 5.75 Å². The van der Waals surface area contributed by atoms with Crippen molar-refractivity contribution in [1.29, 1.82) is 0 Å². The van der Waals surface area contributed by atoms with E-state index < -0.39 is 52.9 Å². The highest BCUT2D eigenvalue weighted by Crippen LogP contribution is 2.64. The second-order valence-corrected chi connectivity index (χ2v) is 10.5. The molecule has 194 valence electrons. The molecular weight excluding hydrogens is 488 g/mol. The molecule has 0 aromatic heterocycles. The molecule has 9 heteroatoms. The van der Waals surface area contributed by atoms with E-state index in [4.69, 9.17) is 4.74 Å². The Morgan fingerprint density at radius 2 is 1.63 bits per heavy atom. The number of allylic oxidation sites excluding steroid dienone is 2. The molecule has 2 aliphatic heterocycles. The number of nitrogens with zero attached hydrogens (tertiary/aromatic N) is 2. The summed E-state index contributed by atoms with van der Waals surface area (Å²) < 4.78 is 4.69. The van der Waals surface area contributed by atoms with Gasteiger partial charge in [0, 0.05) is 11.5 Å². The first kappa shape index (κ1) is 24.1. The van der Waals surface area contributed by atoms with Crippen LogP contribution in [0.25, 0.3) is 0 Å². The number of para-hydroxylation sites is 2. The number of imide groups is 4. The Bertz CT molecular complexity index is 1430. The van der Waals surface area contributed by atoms with Crippen LogP contribution < -0.4 is 4.90 Å². The lowest BCUT2D eigenvalue weighted by Gasteiger charge is -2.49. The van der Waals surface area contributed by atoms with Crippen molar-refractivity contribution in [3.05, 3.63) is 71.8 Å². The highest BCUT2D eigenvalue weighted by molar-refractivity contribution is 6.24. The smallest absolute Gasteiger partial charge is 0.423 e. The van der Waals surface area contributed by atoms with E-state index in [1.165, 1.54) is 11.0 Å². The van der Waals surface area contributed by atoms with E-state index >= 15 is 0 Å². The van der Waals surface area contributed by atoms with E-state index in [2.05, 4.69) is 0 Å². The van der Waals surface area contributed by atoms with Gasteiger partial charge in [-0.1, -0.05) is 48.0 Å². The largest absolute Gasteiger partial charge is 0.508 e.